The summed E-state index contributed by atoms with van der Waals surface area (Å²) in [5, 5.41) is 12.5. The van der Waals surface area contributed by atoms with Crippen molar-refractivity contribution < 1.29 is 23.5 Å². The van der Waals surface area contributed by atoms with Crippen LogP contribution in [0.3, 0.4) is 0 Å². The fraction of sp³-hybridized carbons (Fsp3) is 0.0870. The molecule has 9 nitrogen and oxygen atoms in total. The lowest BCUT2D eigenvalue weighted by atomic mass is 10.1. The van der Waals surface area contributed by atoms with E-state index < -0.39 is 0 Å². The number of furan rings is 1. The lowest BCUT2D eigenvalue weighted by molar-refractivity contribution is 0.0995. The molecule has 4 aromatic rings. The summed E-state index contributed by atoms with van der Waals surface area (Å²) >= 11 is 0. The highest BCUT2D eigenvalue weighted by Gasteiger charge is 2.19. The average molecular weight is 430 g/mol. The minimum Gasteiger partial charge on any atom is -0.486 e. The fourth-order valence-corrected chi connectivity index (χ4v) is 3.35. The quantitative estimate of drug-likeness (QED) is 0.441. The van der Waals surface area contributed by atoms with Gasteiger partial charge in [-0.25, -0.2) is 0 Å². The van der Waals surface area contributed by atoms with Crippen molar-refractivity contribution in [1.29, 1.82) is 0 Å². The number of benzene rings is 2. The Hall–Kier alpha value is -4.53. The lowest BCUT2D eigenvalue weighted by Crippen LogP contribution is -2.15. The van der Waals surface area contributed by atoms with Crippen LogP contribution in [-0.4, -0.2) is 35.2 Å². The maximum absolute atomic E-state index is 12.9. The molecule has 2 aromatic heterocycles. The Balaban J connectivity index is 1.33. The van der Waals surface area contributed by atoms with E-state index in [1.54, 1.807) is 42.5 Å². The summed E-state index contributed by atoms with van der Waals surface area (Å²) in [5.41, 5.74) is 2.70. The van der Waals surface area contributed by atoms with Crippen molar-refractivity contribution in [2.24, 2.45) is 0 Å². The van der Waals surface area contributed by atoms with Gasteiger partial charge in [-0.3, -0.25) is 14.7 Å². The maximum atomic E-state index is 12.9. The van der Waals surface area contributed by atoms with Crippen molar-refractivity contribution in [3.05, 3.63) is 78.4 Å². The molecule has 9 heteroatoms. The molecule has 0 saturated carbocycles. The van der Waals surface area contributed by atoms with E-state index in [0.29, 0.717) is 47.3 Å². The van der Waals surface area contributed by atoms with Crippen LogP contribution in [0.15, 0.2) is 71.5 Å². The summed E-state index contributed by atoms with van der Waals surface area (Å²) in [4.78, 5) is 25.1. The molecule has 0 aliphatic carbocycles. The van der Waals surface area contributed by atoms with Crippen molar-refractivity contribution in [1.82, 2.24) is 10.2 Å². The highest BCUT2D eigenvalue weighted by atomic mass is 16.6. The fourth-order valence-electron chi connectivity index (χ4n) is 3.35. The zero-order valence-corrected chi connectivity index (χ0v) is 16.8. The number of amides is 2. The third-order valence-electron chi connectivity index (χ3n) is 4.84. The lowest BCUT2D eigenvalue weighted by Gasteiger charge is -2.18. The van der Waals surface area contributed by atoms with Crippen LogP contribution in [0.25, 0.3) is 11.3 Å². The van der Waals surface area contributed by atoms with Crippen LogP contribution in [-0.2, 0) is 0 Å². The Bertz CT molecular complexity index is 1280. The van der Waals surface area contributed by atoms with Crippen LogP contribution in [0, 0.1) is 0 Å². The zero-order valence-electron chi connectivity index (χ0n) is 16.8. The van der Waals surface area contributed by atoms with Crippen LogP contribution < -0.4 is 20.1 Å². The number of H-pyrrole nitrogens is 1. The van der Waals surface area contributed by atoms with Gasteiger partial charge in [0.2, 0.25) is 0 Å². The normalized spacial score (nSPS) is 12.2. The number of hydrogen-bond acceptors (Lipinski definition) is 6. The molecule has 160 valence electrons. The molecule has 0 unspecified atom stereocenters. The first-order valence-corrected chi connectivity index (χ1v) is 9.87. The molecular formula is C23H18N4O5. The van der Waals surface area contributed by atoms with Crippen LogP contribution in [0.2, 0.25) is 0 Å². The molecule has 0 fully saturated rings. The second-order valence-electron chi connectivity index (χ2n) is 6.98. The number of ether oxygens (including phenoxy) is 2. The number of carbonyl (C=O) groups excluding carboxylic acids is 2. The highest BCUT2D eigenvalue weighted by Crippen LogP contribution is 2.35. The Morgan fingerprint density at radius 2 is 1.66 bits per heavy atom. The molecule has 5 rings (SSSR count). The van der Waals surface area contributed by atoms with Crippen LogP contribution in [0.5, 0.6) is 11.5 Å². The molecule has 3 N–H and O–H groups in total. The second-order valence-corrected chi connectivity index (χ2v) is 6.98. The molecule has 0 atom stereocenters. The van der Waals surface area contributed by atoms with Gasteiger partial charge in [0, 0.05) is 16.9 Å². The highest BCUT2D eigenvalue weighted by molar-refractivity contribution is 6.08. The number of aromatic nitrogens is 2. The molecule has 32 heavy (non-hydrogen) atoms. The van der Waals surface area contributed by atoms with Gasteiger partial charge >= 0.3 is 0 Å². The van der Waals surface area contributed by atoms with Gasteiger partial charge in [0.1, 0.15) is 13.2 Å². The van der Waals surface area contributed by atoms with Gasteiger partial charge in [-0.1, -0.05) is 6.07 Å². The Kier molecular flexibility index (Phi) is 5.04. The minimum atomic E-state index is -0.380. The largest absolute Gasteiger partial charge is 0.486 e. The van der Waals surface area contributed by atoms with E-state index in [4.69, 9.17) is 13.9 Å². The van der Waals surface area contributed by atoms with Crippen molar-refractivity contribution in [2.75, 3.05) is 23.8 Å². The van der Waals surface area contributed by atoms with Gasteiger partial charge in [0.25, 0.3) is 11.8 Å². The number of fused-ring (bicyclic) bond motifs is 1. The average Bonchev–Trinajstić information content (AvgIpc) is 3.51. The number of nitrogens with zero attached hydrogens (tertiary/aromatic N) is 1. The van der Waals surface area contributed by atoms with E-state index in [1.165, 1.54) is 12.5 Å². The van der Waals surface area contributed by atoms with E-state index in [-0.39, 0.29) is 17.6 Å². The first-order valence-electron chi connectivity index (χ1n) is 9.87. The van der Waals surface area contributed by atoms with Gasteiger partial charge in [-0.2, -0.15) is 5.10 Å². The third-order valence-corrected chi connectivity index (χ3v) is 4.84. The van der Waals surface area contributed by atoms with E-state index in [1.807, 2.05) is 12.1 Å². The standard InChI is InChI=1S/C23H18N4O5/c28-22(25-15-3-1-4-16(12-15)26-23(29)19-5-2-8-30-19)17-13-24-27-21(17)14-6-7-18-20(11-14)32-10-9-31-18/h1-8,11-13H,9-10H2,(H,24,27)(H,25,28)(H,26,29). The first-order chi connectivity index (χ1) is 15.7. The predicted molar refractivity (Wildman–Crippen MR) is 116 cm³/mol. The van der Waals surface area contributed by atoms with Crippen LogP contribution in [0.1, 0.15) is 20.9 Å². The topological polar surface area (TPSA) is 118 Å². The molecule has 2 aromatic carbocycles. The van der Waals surface area contributed by atoms with Crippen LogP contribution in [0.4, 0.5) is 11.4 Å². The Morgan fingerprint density at radius 1 is 0.875 bits per heavy atom. The smallest absolute Gasteiger partial charge is 0.291 e. The SMILES string of the molecule is O=C(Nc1cccc(NC(=O)c2cn[nH]c2-c2ccc3c(c2)OCCO3)c1)c1ccco1. The van der Waals surface area contributed by atoms with Crippen LogP contribution >= 0.6 is 0 Å². The summed E-state index contributed by atoms with van der Waals surface area (Å²) in [6.07, 6.45) is 2.89. The Morgan fingerprint density at radius 3 is 2.44 bits per heavy atom. The Labute approximate surface area is 182 Å². The monoisotopic (exact) mass is 430 g/mol. The van der Waals surface area contributed by atoms with Gasteiger partial charge in [0.05, 0.1) is 23.7 Å². The third kappa shape index (κ3) is 3.91. The first kappa shape index (κ1) is 19.4. The second kappa shape index (κ2) is 8.31. The number of anilines is 2. The summed E-state index contributed by atoms with van der Waals surface area (Å²) < 4.78 is 16.3. The molecule has 0 radical (unpaired) electrons. The van der Waals surface area contributed by atoms with Crippen molar-refractivity contribution in [2.45, 2.75) is 0 Å². The number of hydrogen-bond donors (Lipinski definition) is 3. The van der Waals surface area contributed by atoms with E-state index in [0.717, 1.165) is 5.56 Å². The number of aromatic amines is 1. The van der Waals surface area contributed by atoms with E-state index >= 15 is 0 Å². The molecule has 1 aliphatic rings. The van der Waals surface area contributed by atoms with Gasteiger partial charge in [-0.15, -0.1) is 0 Å². The summed E-state index contributed by atoms with van der Waals surface area (Å²) in [6, 6.07) is 15.5. The van der Waals surface area contributed by atoms with E-state index in [2.05, 4.69) is 20.8 Å². The molecule has 3 heterocycles. The maximum Gasteiger partial charge on any atom is 0.291 e. The van der Waals surface area contributed by atoms with E-state index in [9.17, 15) is 9.59 Å². The summed E-state index contributed by atoms with van der Waals surface area (Å²) in [5.74, 6) is 0.753. The molecule has 2 amide bonds. The van der Waals surface area contributed by atoms with Crippen molar-refractivity contribution in [3.63, 3.8) is 0 Å². The zero-order chi connectivity index (χ0) is 21.9. The van der Waals surface area contributed by atoms with Gasteiger partial charge in [0.15, 0.2) is 17.3 Å². The minimum absolute atomic E-state index is 0.196. The molecule has 0 bridgehead atoms. The molecule has 1 aliphatic heterocycles. The number of carbonyl (C=O) groups is 2. The summed E-state index contributed by atoms with van der Waals surface area (Å²) in [6.45, 7) is 0.977. The number of rotatable bonds is 5. The summed E-state index contributed by atoms with van der Waals surface area (Å²) in [7, 11) is 0. The number of nitrogens with one attached hydrogen (secondary N) is 3. The van der Waals surface area contributed by atoms with Gasteiger partial charge < -0.3 is 24.5 Å². The van der Waals surface area contributed by atoms with Gasteiger partial charge in [-0.05, 0) is 48.5 Å². The molecular weight excluding hydrogens is 412 g/mol. The predicted octanol–water partition coefficient (Wildman–Crippen LogP) is 3.95. The van der Waals surface area contributed by atoms with Crippen molar-refractivity contribution in [3.8, 4) is 22.8 Å². The molecule has 0 saturated heterocycles. The van der Waals surface area contributed by atoms with Crippen molar-refractivity contribution >= 4 is 23.2 Å². The molecule has 0 spiro atoms.